The molecule has 0 radical (unpaired) electrons. The van der Waals surface area contributed by atoms with Crippen LogP contribution in [0.5, 0.6) is 0 Å². The van der Waals surface area contributed by atoms with Gasteiger partial charge in [-0.2, -0.15) is 5.26 Å². The van der Waals surface area contributed by atoms with Crippen LogP contribution in [0.25, 0.3) is 11.1 Å². The van der Waals surface area contributed by atoms with Gasteiger partial charge in [-0.05, 0) is 59.4 Å². The summed E-state index contributed by atoms with van der Waals surface area (Å²) in [5, 5.41) is 8.88. The van der Waals surface area contributed by atoms with E-state index in [9.17, 15) is 4.79 Å². The van der Waals surface area contributed by atoms with Crippen molar-refractivity contribution in [1.29, 1.82) is 5.26 Å². The smallest absolute Gasteiger partial charge is 0.137 e. The minimum Gasteiger partial charge on any atom is -0.299 e. The third-order valence-corrected chi connectivity index (χ3v) is 4.73. The van der Waals surface area contributed by atoms with E-state index in [-0.39, 0.29) is 11.7 Å². The standard InChI is InChI=1S/C24H22N2O/c1-17(21-7-5-20(16-25)6-8-21)13-24(27)15-19-3-9-22(10-4-19)23-11-12-26-18(2)14-23/h3-12,14,17H,13,15H2,1-2H3. The van der Waals surface area contributed by atoms with E-state index in [4.69, 9.17) is 5.26 Å². The Bertz CT molecular complexity index is 967. The molecule has 1 atom stereocenters. The van der Waals surface area contributed by atoms with Gasteiger partial charge in [-0.25, -0.2) is 0 Å². The van der Waals surface area contributed by atoms with Crippen LogP contribution in [0.15, 0.2) is 66.9 Å². The number of nitriles is 1. The van der Waals surface area contributed by atoms with Crippen LogP contribution in [-0.2, 0) is 11.2 Å². The Hall–Kier alpha value is -3.25. The van der Waals surface area contributed by atoms with Crippen LogP contribution < -0.4 is 0 Å². The highest BCUT2D eigenvalue weighted by molar-refractivity contribution is 5.82. The van der Waals surface area contributed by atoms with Crippen LogP contribution in [0, 0.1) is 18.3 Å². The quantitative estimate of drug-likeness (QED) is 0.609. The average Bonchev–Trinajstić information content (AvgIpc) is 2.68. The Kier molecular flexibility index (Phi) is 5.78. The van der Waals surface area contributed by atoms with E-state index >= 15 is 0 Å². The van der Waals surface area contributed by atoms with Crippen molar-refractivity contribution < 1.29 is 4.79 Å². The summed E-state index contributed by atoms with van der Waals surface area (Å²) in [5.74, 6) is 0.365. The monoisotopic (exact) mass is 354 g/mol. The molecule has 0 spiro atoms. The SMILES string of the molecule is Cc1cc(-c2ccc(CC(=O)CC(C)c3ccc(C#N)cc3)cc2)ccn1. The molecule has 0 fully saturated rings. The number of Topliss-reactive ketones (excluding diaryl/α,β-unsaturated/α-hetero) is 1. The van der Waals surface area contributed by atoms with Crippen molar-refractivity contribution in [1.82, 2.24) is 4.98 Å². The molecule has 3 aromatic rings. The number of pyridine rings is 1. The number of nitrogens with zero attached hydrogens (tertiary/aromatic N) is 2. The second kappa shape index (κ2) is 8.42. The molecular weight excluding hydrogens is 332 g/mol. The van der Waals surface area contributed by atoms with Crippen molar-refractivity contribution in [2.24, 2.45) is 0 Å². The van der Waals surface area contributed by atoms with Crippen LogP contribution >= 0.6 is 0 Å². The maximum absolute atomic E-state index is 12.5. The summed E-state index contributed by atoms with van der Waals surface area (Å²) in [6.07, 6.45) is 2.75. The molecule has 3 heteroatoms. The van der Waals surface area contributed by atoms with Gasteiger partial charge in [0.1, 0.15) is 5.78 Å². The summed E-state index contributed by atoms with van der Waals surface area (Å²) < 4.78 is 0. The lowest BCUT2D eigenvalue weighted by atomic mass is 9.92. The Labute approximate surface area is 160 Å². The summed E-state index contributed by atoms with van der Waals surface area (Å²) in [4.78, 5) is 16.7. The van der Waals surface area contributed by atoms with E-state index in [1.165, 1.54) is 0 Å². The molecule has 1 heterocycles. The van der Waals surface area contributed by atoms with Gasteiger partial charge in [0.2, 0.25) is 0 Å². The fourth-order valence-corrected chi connectivity index (χ4v) is 3.19. The van der Waals surface area contributed by atoms with Crippen LogP contribution in [0.4, 0.5) is 0 Å². The first-order valence-corrected chi connectivity index (χ1v) is 9.09. The Morgan fingerprint density at radius 1 is 1.04 bits per heavy atom. The van der Waals surface area contributed by atoms with Crippen molar-refractivity contribution >= 4 is 5.78 Å². The molecular formula is C24H22N2O. The van der Waals surface area contributed by atoms with Gasteiger partial charge < -0.3 is 0 Å². The minimum atomic E-state index is 0.143. The molecule has 0 aliphatic carbocycles. The number of hydrogen-bond donors (Lipinski definition) is 0. The van der Waals surface area contributed by atoms with Gasteiger partial charge in [-0.3, -0.25) is 9.78 Å². The zero-order chi connectivity index (χ0) is 19.2. The summed E-state index contributed by atoms with van der Waals surface area (Å²) in [6, 6.07) is 21.8. The first-order valence-electron chi connectivity index (χ1n) is 9.09. The van der Waals surface area contributed by atoms with Gasteiger partial charge >= 0.3 is 0 Å². The molecule has 0 amide bonds. The molecule has 2 aromatic carbocycles. The second-order valence-corrected chi connectivity index (χ2v) is 6.94. The Morgan fingerprint density at radius 2 is 1.74 bits per heavy atom. The summed E-state index contributed by atoms with van der Waals surface area (Å²) in [7, 11) is 0. The fraction of sp³-hybridized carbons (Fsp3) is 0.208. The van der Waals surface area contributed by atoms with Crippen LogP contribution in [0.2, 0.25) is 0 Å². The second-order valence-electron chi connectivity index (χ2n) is 6.94. The van der Waals surface area contributed by atoms with E-state index in [1.54, 1.807) is 12.1 Å². The molecule has 0 N–H and O–H groups in total. The lowest BCUT2D eigenvalue weighted by Gasteiger charge is -2.11. The first kappa shape index (κ1) is 18.5. The number of aryl methyl sites for hydroxylation is 1. The third-order valence-electron chi connectivity index (χ3n) is 4.73. The molecule has 3 nitrogen and oxygen atoms in total. The third kappa shape index (κ3) is 4.89. The van der Waals surface area contributed by atoms with Gasteiger partial charge in [0.15, 0.2) is 0 Å². The fourth-order valence-electron chi connectivity index (χ4n) is 3.19. The largest absolute Gasteiger partial charge is 0.299 e. The Balaban J connectivity index is 1.61. The van der Waals surface area contributed by atoms with E-state index in [0.717, 1.165) is 27.9 Å². The van der Waals surface area contributed by atoms with Crippen LogP contribution in [0.1, 0.15) is 41.6 Å². The summed E-state index contributed by atoms with van der Waals surface area (Å²) in [5.41, 5.74) is 6.01. The van der Waals surface area contributed by atoms with E-state index in [1.807, 2.05) is 50.4 Å². The van der Waals surface area contributed by atoms with Crippen molar-refractivity contribution in [2.75, 3.05) is 0 Å². The minimum absolute atomic E-state index is 0.143. The van der Waals surface area contributed by atoms with Gasteiger partial charge in [0.25, 0.3) is 0 Å². The number of carbonyl (C=O) groups is 1. The number of carbonyl (C=O) groups excluding carboxylic acids is 1. The highest BCUT2D eigenvalue weighted by atomic mass is 16.1. The zero-order valence-electron chi connectivity index (χ0n) is 15.6. The molecule has 1 aromatic heterocycles. The van der Waals surface area contributed by atoms with E-state index < -0.39 is 0 Å². The van der Waals surface area contributed by atoms with Crippen molar-refractivity contribution in [3.05, 3.63) is 89.2 Å². The van der Waals surface area contributed by atoms with E-state index in [0.29, 0.717) is 18.4 Å². The topological polar surface area (TPSA) is 53.8 Å². The number of hydrogen-bond acceptors (Lipinski definition) is 3. The number of rotatable bonds is 6. The molecule has 0 aliphatic rings. The maximum atomic E-state index is 12.5. The van der Waals surface area contributed by atoms with Crippen LogP contribution in [0.3, 0.4) is 0 Å². The highest BCUT2D eigenvalue weighted by Gasteiger charge is 2.12. The average molecular weight is 354 g/mol. The molecule has 0 saturated heterocycles. The summed E-state index contributed by atoms with van der Waals surface area (Å²) >= 11 is 0. The maximum Gasteiger partial charge on any atom is 0.137 e. The molecule has 3 rings (SSSR count). The number of aromatic nitrogens is 1. The molecule has 0 saturated carbocycles. The molecule has 1 unspecified atom stereocenters. The van der Waals surface area contributed by atoms with E-state index in [2.05, 4.69) is 29.3 Å². The van der Waals surface area contributed by atoms with Crippen molar-refractivity contribution in [3.8, 4) is 17.2 Å². The number of ketones is 1. The van der Waals surface area contributed by atoms with Crippen molar-refractivity contribution in [3.63, 3.8) is 0 Å². The van der Waals surface area contributed by atoms with Crippen molar-refractivity contribution in [2.45, 2.75) is 32.6 Å². The number of benzene rings is 2. The highest BCUT2D eigenvalue weighted by Crippen LogP contribution is 2.22. The van der Waals surface area contributed by atoms with Gasteiger partial charge in [-0.15, -0.1) is 0 Å². The molecule has 27 heavy (non-hydrogen) atoms. The molecule has 0 aliphatic heterocycles. The lowest BCUT2D eigenvalue weighted by Crippen LogP contribution is -2.07. The van der Waals surface area contributed by atoms with Gasteiger partial charge in [-0.1, -0.05) is 43.3 Å². The summed E-state index contributed by atoms with van der Waals surface area (Å²) in [6.45, 7) is 4.03. The normalized spacial score (nSPS) is 11.6. The predicted molar refractivity (Wildman–Crippen MR) is 107 cm³/mol. The predicted octanol–water partition coefficient (Wildman–Crippen LogP) is 5.23. The molecule has 134 valence electrons. The zero-order valence-corrected chi connectivity index (χ0v) is 15.6. The molecule has 0 bridgehead atoms. The van der Waals surface area contributed by atoms with Crippen LogP contribution in [-0.4, -0.2) is 10.8 Å². The van der Waals surface area contributed by atoms with Gasteiger partial charge in [0, 0.05) is 24.7 Å². The lowest BCUT2D eigenvalue weighted by molar-refractivity contribution is -0.118. The Morgan fingerprint density at radius 3 is 2.37 bits per heavy atom. The van der Waals surface area contributed by atoms with Gasteiger partial charge in [0.05, 0.1) is 11.6 Å². The first-order chi connectivity index (χ1) is 13.0.